The molecule has 0 bridgehead atoms. The molecule has 152 valence electrons. The van der Waals surface area contributed by atoms with E-state index in [-0.39, 0.29) is 22.8 Å². The van der Waals surface area contributed by atoms with Crippen LogP contribution in [-0.4, -0.2) is 63.8 Å². The van der Waals surface area contributed by atoms with Crippen molar-refractivity contribution in [1.29, 1.82) is 0 Å². The van der Waals surface area contributed by atoms with Crippen molar-refractivity contribution < 1.29 is 25.0 Å². The highest BCUT2D eigenvalue weighted by atomic mass is 32.2. The predicted octanol–water partition coefficient (Wildman–Crippen LogP) is 0.860. The molecule has 11 nitrogen and oxygen atoms in total. The number of benzene rings is 1. The maximum absolute atomic E-state index is 11.5. The molecule has 29 heavy (non-hydrogen) atoms. The Hall–Kier alpha value is -2.80. The number of hydrogen-bond donors (Lipinski definition) is 3. The maximum atomic E-state index is 11.5. The second-order valence-electron chi connectivity index (χ2n) is 6.45. The minimum absolute atomic E-state index is 0.0854. The molecule has 3 N–H and O–H groups in total. The van der Waals surface area contributed by atoms with E-state index in [1.165, 1.54) is 10.9 Å². The van der Waals surface area contributed by atoms with Crippen LogP contribution in [0.5, 0.6) is 5.88 Å². The molecule has 0 radical (unpaired) electrons. The van der Waals surface area contributed by atoms with Crippen molar-refractivity contribution in [2.24, 2.45) is 0 Å². The third-order valence-electron chi connectivity index (χ3n) is 4.65. The van der Waals surface area contributed by atoms with Crippen LogP contribution >= 0.6 is 11.8 Å². The van der Waals surface area contributed by atoms with Gasteiger partial charge in [0, 0.05) is 16.2 Å². The molecule has 0 amide bonds. The van der Waals surface area contributed by atoms with Crippen LogP contribution < -0.4 is 0 Å². The van der Waals surface area contributed by atoms with Gasteiger partial charge in [0.1, 0.15) is 18.5 Å². The van der Waals surface area contributed by atoms with Gasteiger partial charge in [0.05, 0.1) is 12.4 Å². The van der Waals surface area contributed by atoms with Gasteiger partial charge in [-0.05, 0) is 0 Å². The summed E-state index contributed by atoms with van der Waals surface area (Å²) in [6.45, 7) is 0. The van der Waals surface area contributed by atoms with Gasteiger partial charge in [-0.1, -0.05) is 42.1 Å². The number of fused-ring (bicyclic) bond motifs is 1. The van der Waals surface area contributed by atoms with Gasteiger partial charge in [0.25, 0.3) is 5.37 Å². The molecule has 2 aromatic heterocycles. The number of aliphatic hydroxyl groups excluding tert-OH is 2. The minimum atomic E-state index is -1.30. The number of aliphatic hydroxyl groups is 2. The number of rotatable bonds is 6. The highest BCUT2D eigenvalue weighted by Crippen LogP contribution is 2.37. The Morgan fingerprint density at radius 3 is 2.69 bits per heavy atom. The van der Waals surface area contributed by atoms with Crippen LogP contribution in [0.4, 0.5) is 0 Å². The monoisotopic (exact) mass is 419 g/mol. The van der Waals surface area contributed by atoms with E-state index in [0.717, 1.165) is 18.1 Å². The third kappa shape index (κ3) is 3.62. The van der Waals surface area contributed by atoms with Crippen LogP contribution in [0.25, 0.3) is 11.2 Å². The quantitative estimate of drug-likeness (QED) is 0.297. The fourth-order valence-electron chi connectivity index (χ4n) is 3.20. The fraction of sp³-hybridized carbons (Fsp3) is 0.353. The van der Waals surface area contributed by atoms with E-state index in [1.54, 1.807) is 30.3 Å². The summed E-state index contributed by atoms with van der Waals surface area (Å²) in [5, 5.41) is 41.0. The molecule has 12 heteroatoms. The Labute approximate surface area is 168 Å². The lowest BCUT2D eigenvalue weighted by Gasteiger charge is -2.16. The summed E-state index contributed by atoms with van der Waals surface area (Å²) in [4.78, 5) is 22.7. The lowest BCUT2D eigenvalue weighted by atomic mass is 10.1. The largest absolute Gasteiger partial charge is 0.492 e. The lowest BCUT2D eigenvalue weighted by molar-refractivity contribution is -0.500. The molecule has 4 rings (SSSR count). The van der Waals surface area contributed by atoms with E-state index in [9.17, 15) is 25.4 Å². The number of ether oxygens (including phenoxy) is 1. The molecule has 1 unspecified atom stereocenters. The number of aromatic nitrogens is 4. The number of nitro groups is 1. The van der Waals surface area contributed by atoms with Crippen LogP contribution in [0.2, 0.25) is 0 Å². The van der Waals surface area contributed by atoms with Crippen molar-refractivity contribution >= 4 is 22.9 Å². The first-order valence-electron chi connectivity index (χ1n) is 8.65. The number of hydrogen-bond acceptors (Lipinski definition) is 10. The van der Waals surface area contributed by atoms with Crippen LogP contribution in [0, 0.1) is 10.1 Å². The highest BCUT2D eigenvalue weighted by Gasteiger charge is 2.45. The molecule has 3 aromatic rings. The van der Waals surface area contributed by atoms with Crippen molar-refractivity contribution in [3.05, 3.63) is 58.7 Å². The molecule has 0 aliphatic carbocycles. The zero-order valence-electron chi connectivity index (χ0n) is 14.8. The molecule has 1 aliphatic rings. The van der Waals surface area contributed by atoms with Crippen molar-refractivity contribution in [1.82, 2.24) is 19.5 Å². The normalized spacial score (nSPS) is 25.3. The SMILES string of the molecule is O=[N+]([O-])C(SC[C@H]1O[C@@H](n2cnc3c(O)ncnc32)[C@H](O)[C@@H]1O)c1ccccc1. The van der Waals surface area contributed by atoms with Gasteiger partial charge < -0.3 is 20.1 Å². The number of imidazole rings is 1. The molecule has 0 saturated carbocycles. The Morgan fingerprint density at radius 1 is 1.21 bits per heavy atom. The predicted molar refractivity (Wildman–Crippen MR) is 102 cm³/mol. The first-order valence-corrected chi connectivity index (χ1v) is 9.70. The van der Waals surface area contributed by atoms with Crippen LogP contribution in [0.3, 0.4) is 0 Å². The van der Waals surface area contributed by atoms with Gasteiger partial charge in [-0.15, -0.1) is 0 Å². The summed E-state index contributed by atoms with van der Waals surface area (Å²) >= 11 is 1.01. The second kappa shape index (κ2) is 7.91. The topological polar surface area (TPSA) is 157 Å². The summed E-state index contributed by atoms with van der Waals surface area (Å²) in [5.74, 6) is -0.229. The molecule has 1 saturated heterocycles. The molecule has 1 fully saturated rings. The summed E-state index contributed by atoms with van der Waals surface area (Å²) in [7, 11) is 0. The summed E-state index contributed by atoms with van der Waals surface area (Å²) in [6.07, 6.45) is -1.97. The average Bonchev–Trinajstić information content (AvgIpc) is 3.26. The van der Waals surface area contributed by atoms with Gasteiger partial charge in [0.2, 0.25) is 5.88 Å². The lowest BCUT2D eigenvalue weighted by Crippen LogP contribution is -2.33. The summed E-state index contributed by atoms with van der Waals surface area (Å²) in [5.41, 5.74) is 0.891. The van der Waals surface area contributed by atoms with E-state index in [2.05, 4.69) is 15.0 Å². The van der Waals surface area contributed by atoms with Crippen LogP contribution in [-0.2, 0) is 4.74 Å². The first kappa shape index (κ1) is 19.5. The molecule has 1 aromatic carbocycles. The fourth-order valence-corrected chi connectivity index (χ4v) is 4.32. The van der Waals surface area contributed by atoms with E-state index in [1.807, 2.05) is 0 Å². The van der Waals surface area contributed by atoms with Gasteiger partial charge in [-0.3, -0.25) is 14.7 Å². The average molecular weight is 419 g/mol. The Balaban J connectivity index is 1.51. The Kier molecular flexibility index (Phi) is 5.32. The summed E-state index contributed by atoms with van der Waals surface area (Å²) in [6, 6.07) is 8.53. The number of thioether (sulfide) groups is 1. The number of nitrogens with zero attached hydrogens (tertiary/aromatic N) is 5. The van der Waals surface area contributed by atoms with Crippen molar-refractivity contribution in [3.63, 3.8) is 0 Å². The van der Waals surface area contributed by atoms with Gasteiger partial charge in [0.15, 0.2) is 17.4 Å². The van der Waals surface area contributed by atoms with Gasteiger partial charge in [-0.25, -0.2) is 9.97 Å². The molecule has 3 heterocycles. The van der Waals surface area contributed by atoms with Crippen molar-refractivity contribution in [3.8, 4) is 5.88 Å². The Morgan fingerprint density at radius 2 is 1.97 bits per heavy atom. The van der Waals surface area contributed by atoms with Crippen LogP contribution in [0.1, 0.15) is 17.2 Å². The number of aromatic hydroxyl groups is 1. The smallest absolute Gasteiger partial charge is 0.283 e. The third-order valence-corrected chi connectivity index (χ3v) is 5.93. The first-order chi connectivity index (χ1) is 14.0. The van der Waals surface area contributed by atoms with Crippen molar-refractivity contribution in [2.75, 3.05) is 5.75 Å². The van der Waals surface area contributed by atoms with Crippen molar-refractivity contribution in [2.45, 2.75) is 29.9 Å². The molecule has 1 aliphatic heterocycles. The van der Waals surface area contributed by atoms with E-state index in [0.29, 0.717) is 5.56 Å². The maximum Gasteiger partial charge on any atom is 0.283 e. The minimum Gasteiger partial charge on any atom is -0.492 e. The summed E-state index contributed by atoms with van der Waals surface area (Å²) < 4.78 is 7.17. The van der Waals surface area contributed by atoms with Gasteiger partial charge >= 0.3 is 0 Å². The molecular weight excluding hydrogens is 402 g/mol. The Bertz CT molecular complexity index is 1020. The van der Waals surface area contributed by atoms with E-state index in [4.69, 9.17) is 4.74 Å². The van der Waals surface area contributed by atoms with E-state index < -0.39 is 34.8 Å². The molecule has 0 spiro atoms. The van der Waals surface area contributed by atoms with Gasteiger partial charge in [-0.2, -0.15) is 4.98 Å². The molecule has 5 atom stereocenters. The van der Waals surface area contributed by atoms with Crippen LogP contribution in [0.15, 0.2) is 43.0 Å². The standard InChI is InChI=1S/C17H17N5O6S/c23-12-10(6-29-17(22(26)27)9-4-2-1-3-5-9)28-16(13(12)24)21-8-20-11-14(21)18-7-19-15(11)25/h1-5,7-8,10,12-13,16-17,23-24H,6H2,(H,18,19,25)/t10-,12-,13-,16-,17?/m1/s1. The zero-order chi connectivity index (χ0) is 20.5. The van der Waals surface area contributed by atoms with E-state index >= 15 is 0 Å². The second-order valence-corrected chi connectivity index (χ2v) is 7.56. The molecular formula is C17H17N5O6S. The highest BCUT2D eigenvalue weighted by molar-refractivity contribution is 7.99. The zero-order valence-corrected chi connectivity index (χ0v) is 15.7.